The van der Waals surface area contributed by atoms with Gasteiger partial charge in [-0.15, -0.1) is 0 Å². The standard InChI is InChI=1S/C47H48N8O6/c1-60-47(59)53-36(32-10-4-2-5-11-32)26-42(56)54-24-8-14-39(54)44-49-28-37(51-44)33-20-16-30(17-21-33)31-18-22-34(23-19-31)38-29-50-45(52-38)40-15-9-25-55(40)43(57)27-41(61-46(48)58)35-12-6-3-7-13-35/h2-7,10-13,16-23,28-29,36,39-41H,8-9,14-15,24-27H2,1H3,(H2,48,58)(H,49,51)(H,50,52)(H,53,59)/t36-,39?,40+,41-/m1/s1. The highest BCUT2D eigenvalue weighted by molar-refractivity contribution is 5.80. The molecule has 61 heavy (non-hydrogen) atoms. The van der Waals surface area contributed by atoms with Gasteiger partial charge in [-0.2, -0.15) is 0 Å². The second-order valence-corrected chi connectivity index (χ2v) is 15.4. The highest BCUT2D eigenvalue weighted by Crippen LogP contribution is 2.36. The molecule has 4 aromatic carbocycles. The van der Waals surface area contributed by atoms with Crippen LogP contribution in [-0.4, -0.2) is 73.9 Å². The first kappa shape index (κ1) is 40.6. The van der Waals surface area contributed by atoms with Gasteiger partial charge in [0.15, 0.2) is 0 Å². The predicted octanol–water partition coefficient (Wildman–Crippen LogP) is 8.17. The van der Waals surface area contributed by atoms with Crippen LogP contribution in [-0.2, 0) is 19.1 Å². The third kappa shape index (κ3) is 9.33. The van der Waals surface area contributed by atoms with E-state index in [0.29, 0.717) is 24.5 Å². The molecule has 5 N–H and O–H groups in total. The Labute approximate surface area is 353 Å². The summed E-state index contributed by atoms with van der Waals surface area (Å²) in [7, 11) is 1.31. The van der Waals surface area contributed by atoms with Gasteiger partial charge < -0.3 is 40.3 Å². The van der Waals surface area contributed by atoms with Crippen LogP contribution in [0.2, 0.25) is 0 Å². The van der Waals surface area contributed by atoms with Gasteiger partial charge in [0.05, 0.1) is 61.9 Å². The van der Waals surface area contributed by atoms with Crippen LogP contribution >= 0.6 is 0 Å². The molecule has 1 unspecified atom stereocenters. The molecule has 14 heteroatoms. The van der Waals surface area contributed by atoms with Crippen molar-refractivity contribution >= 4 is 24.0 Å². The Hall–Kier alpha value is -7.22. The van der Waals surface area contributed by atoms with Gasteiger partial charge >= 0.3 is 12.2 Å². The number of primary amides is 1. The second-order valence-electron chi connectivity index (χ2n) is 15.4. The molecule has 2 aromatic heterocycles. The third-order valence-electron chi connectivity index (χ3n) is 11.5. The number of H-pyrrole nitrogens is 2. The maximum absolute atomic E-state index is 13.7. The monoisotopic (exact) mass is 820 g/mol. The van der Waals surface area contributed by atoms with Crippen LogP contribution in [0.25, 0.3) is 33.6 Å². The van der Waals surface area contributed by atoms with E-state index in [-0.39, 0.29) is 36.7 Å². The lowest BCUT2D eigenvalue weighted by Gasteiger charge is -2.26. The molecule has 4 atom stereocenters. The van der Waals surface area contributed by atoms with Crippen molar-refractivity contribution in [2.75, 3.05) is 20.2 Å². The van der Waals surface area contributed by atoms with E-state index in [2.05, 4.69) is 56.7 Å². The zero-order chi connectivity index (χ0) is 42.3. The van der Waals surface area contributed by atoms with E-state index < -0.39 is 24.3 Å². The lowest BCUT2D eigenvalue weighted by atomic mass is 10.0. The molecule has 0 bridgehead atoms. The molecular weight excluding hydrogens is 773 g/mol. The van der Waals surface area contributed by atoms with Crippen molar-refractivity contribution in [1.82, 2.24) is 35.1 Å². The lowest BCUT2D eigenvalue weighted by molar-refractivity contribution is -0.134. The number of nitrogens with two attached hydrogens (primary N) is 1. The van der Waals surface area contributed by atoms with Gasteiger partial charge in [-0.05, 0) is 59.1 Å². The summed E-state index contributed by atoms with van der Waals surface area (Å²) in [6, 6.07) is 34.1. The smallest absolute Gasteiger partial charge is 0.407 e. The van der Waals surface area contributed by atoms with E-state index in [1.807, 2.05) is 83.9 Å². The molecule has 312 valence electrons. The Kier molecular flexibility index (Phi) is 12.2. The lowest BCUT2D eigenvalue weighted by Crippen LogP contribution is -2.36. The summed E-state index contributed by atoms with van der Waals surface area (Å²) in [6.07, 6.45) is 4.66. The normalized spacial score (nSPS) is 17.1. The summed E-state index contributed by atoms with van der Waals surface area (Å²) in [5, 5.41) is 2.81. The number of hydrogen-bond donors (Lipinski definition) is 4. The van der Waals surface area contributed by atoms with E-state index in [9.17, 15) is 19.2 Å². The second kappa shape index (κ2) is 18.4. The van der Waals surface area contributed by atoms with Crippen molar-refractivity contribution in [3.63, 3.8) is 0 Å². The van der Waals surface area contributed by atoms with Gasteiger partial charge in [0.1, 0.15) is 17.8 Å². The number of methoxy groups -OCH3 is 1. The topological polar surface area (TPSA) is 189 Å². The quantitative estimate of drug-likeness (QED) is 0.0898. The molecule has 2 saturated heterocycles. The van der Waals surface area contributed by atoms with E-state index in [4.69, 9.17) is 20.2 Å². The van der Waals surface area contributed by atoms with Gasteiger partial charge in [-0.3, -0.25) is 9.59 Å². The number of imidazole rings is 2. The number of alkyl carbamates (subject to hydrolysis) is 1. The highest BCUT2D eigenvalue weighted by atomic mass is 16.6. The summed E-state index contributed by atoms with van der Waals surface area (Å²) < 4.78 is 10.2. The maximum atomic E-state index is 13.7. The Bertz CT molecular complexity index is 2450. The molecule has 0 aliphatic carbocycles. The van der Waals surface area contributed by atoms with Crippen molar-refractivity contribution in [3.05, 3.63) is 144 Å². The minimum Gasteiger partial charge on any atom is -0.453 e. The molecule has 14 nitrogen and oxygen atoms in total. The highest BCUT2D eigenvalue weighted by Gasteiger charge is 2.35. The molecule has 8 rings (SSSR count). The molecule has 0 radical (unpaired) electrons. The largest absolute Gasteiger partial charge is 0.453 e. The molecule has 4 amide bonds. The summed E-state index contributed by atoms with van der Waals surface area (Å²) in [4.78, 5) is 71.0. The SMILES string of the molecule is COC(=O)N[C@H](CC(=O)N1CCCC1c1ncc(-c2ccc(-c3ccc(-c4cnc([C@@H]5CCCN5C(=O)C[C@@H](OC(N)=O)c5ccccc5)[nH]4)cc3)cc2)[nH]1)c1ccccc1. The number of nitrogens with one attached hydrogen (secondary N) is 3. The fourth-order valence-electron chi connectivity index (χ4n) is 8.43. The molecule has 0 spiro atoms. The summed E-state index contributed by atoms with van der Waals surface area (Å²) in [5.74, 6) is 1.25. The number of ether oxygens (including phenoxy) is 2. The molecule has 0 saturated carbocycles. The van der Waals surface area contributed by atoms with Gasteiger partial charge in [0.25, 0.3) is 0 Å². The zero-order valence-corrected chi connectivity index (χ0v) is 33.8. The maximum Gasteiger partial charge on any atom is 0.407 e. The van der Waals surface area contributed by atoms with E-state index in [1.165, 1.54) is 7.11 Å². The Morgan fingerprint density at radius 2 is 1.13 bits per heavy atom. The third-order valence-corrected chi connectivity index (χ3v) is 11.5. The fraction of sp³-hybridized carbons (Fsp3) is 0.277. The molecule has 4 heterocycles. The number of benzene rings is 4. The fourth-order valence-corrected chi connectivity index (χ4v) is 8.43. The van der Waals surface area contributed by atoms with Gasteiger partial charge in [0.2, 0.25) is 11.8 Å². The molecule has 2 aliphatic heterocycles. The van der Waals surface area contributed by atoms with Gasteiger partial charge in [-0.1, -0.05) is 109 Å². The number of carbonyl (C=O) groups excluding carboxylic acids is 4. The average molecular weight is 821 g/mol. The number of aromatic amines is 2. The number of carbonyl (C=O) groups is 4. The number of hydrogen-bond acceptors (Lipinski definition) is 8. The van der Waals surface area contributed by atoms with Crippen LogP contribution in [0.1, 0.15) is 85.5 Å². The molecular formula is C47H48N8O6. The minimum absolute atomic E-state index is 0.0138. The van der Waals surface area contributed by atoms with Crippen molar-refractivity contribution in [2.45, 2.75) is 62.8 Å². The first-order valence-corrected chi connectivity index (χ1v) is 20.5. The van der Waals surface area contributed by atoms with Crippen molar-refractivity contribution < 1.29 is 28.7 Å². The number of amides is 4. The van der Waals surface area contributed by atoms with E-state index in [0.717, 1.165) is 70.7 Å². The van der Waals surface area contributed by atoms with Crippen molar-refractivity contribution in [3.8, 4) is 33.6 Å². The zero-order valence-electron chi connectivity index (χ0n) is 33.8. The summed E-state index contributed by atoms with van der Waals surface area (Å²) in [5.41, 5.74) is 12.6. The molecule has 2 fully saturated rings. The molecule has 2 aliphatic rings. The van der Waals surface area contributed by atoms with Gasteiger partial charge in [-0.25, -0.2) is 19.6 Å². The Balaban J connectivity index is 0.895. The number of likely N-dealkylation sites (tertiary alicyclic amines) is 2. The summed E-state index contributed by atoms with van der Waals surface area (Å²) >= 11 is 0. The minimum atomic E-state index is -0.923. The van der Waals surface area contributed by atoms with Crippen LogP contribution in [0.15, 0.2) is 122 Å². The van der Waals surface area contributed by atoms with Crippen LogP contribution in [0, 0.1) is 0 Å². The van der Waals surface area contributed by atoms with Crippen LogP contribution in [0.3, 0.4) is 0 Å². The molecule has 6 aromatic rings. The number of aromatic nitrogens is 4. The van der Waals surface area contributed by atoms with Crippen LogP contribution < -0.4 is 11.1 Å². The Morgan fingerprint density at radius 3 is 1.61 bits per heavy atom. The Morgan fingerprint density at radius 1 is 0.672 bits per heavy atom. The van der Waals surface area contributed by atoms with Gasteiger partial charge in [0, 0.05) is 13.1 Å². The predicted molar refractivity (Wildman–Crippen MR) is 228 cm³/mol. The average Bonchev–Trinajstić information content (AvgIpc) is 4.14. The van der Waals surface area contributed by atoms with E-state index in [1.54, 1.807) is 11.1 Å². The first-order valence-electron chi connectivity index (χ1n) is 20.5. The summed E-state index contributed by atoms with van der Waals surface area (Å²) in [6.45, 7) is 1.20. The number of nitrogens with zero attached hydrogens (tertiary/aromatic N) is 4. The van der Waals surface area contributed by atoms with Crippen LogP contribution in [0.5, 0.6) is 0 Å². The first-order chi connectivity index (χ1) is 29.7. The number of rotatable bonds is 13. The van der Waals surface area contributed by atoms with Crippen molar-refractivity contribution in [2.24, 2.45) is 5.73 Å². The van der Waals surface area contributed by atoms with Crippen molar-refractivity contribution in [1.29, 1.82) is 0 Å². The van der Waals surface area contributed by atoms with E-state index >= 15 is 0 Å². The van der Waals surface area contributed by atoms with Crippen LogP contribution in [0.4, 0.5) is 9.59 Å².